The molecule has 1 aromatic carbocycles. The van der Waals surface area contributed by atoms with Gasteiger partial charge in [0, 0.05) is 37.7 Å². The average Bonchev–Trinajstić information content (AvgIpc) is 2.61. The van der Waals surface area contributed by atoms with Crippen LogP contribution in [0.5, 0.6) is 0 Å². The van der Waals surface area contributed by atoms with Crippen molar-refractivity contribution in [1.29, 1.82) is 0 Å². The molecule has 1 N–H and O–H groups in total. The second-order valence-corrected chi connectivity index (χ2v) is 6.09. The Morgan fingerprint density at radius 1 is 1.17 bits per heavy atom. The number of nitrogens with one attached hydrogen (secondary N) is 1. The Morgan fingerprint density at radius 2 is 1.88 bits per heavy atom. The first-order valence-electron chi connectivity index (χ1n) is 8.11. The van der Waals surface area contributed by atoms with Crippen molar-refractivity contribution in [2.75, 3.05) is 20.3 Å². The third-order valence-electron chi connectivity index (χ3n) is 3.85. The molecular formula is C19H23ClN2O2. The lowest BCUT2D eigenvalue weighted by Gasteiger charge is -2.17. The summed E-state index contributed by atoms with van der Waals surface area (Å²) in [5, 5.41) is 3.70. The van der Waals surface area contributed by atoms with Crippen LogP contribution in [0.2, 0.25) is 5.02 Å². The number of nitrogens with zero attached hydrogens (tertiary/aromatic N) is 1. The number of pyridine rings is 1. The van der Waals surface area contributed by atoms with Gasteiger partial charge in [-0.2, -0.15) is 0 Å². The summed E-state index contributed by atoms with van der Waals surface area (Å²) in [7, 11) is 1.68. The van der Waals surface area contributed by atoms with Crippen molar-refractivity contribution in [2.24, 2.45) is 0 Å². The molecule has 0 aliphatic carbocycles. The maximum absolute atomic E-state index is 12.7. The molecule has 1 aromatic heterocycles. The first-order chi connectivity index (χ1) is 11.7. The van der Waals surface area contributed by atoms with Crippen LogP contribution in [0.3, 0.4) is 0 Å². The van der Waals surface area contributed by atoms with Gasteiger partial charge in [-0.3, -0.25) is 9.78 Å². The molecule has 4 nitrogen and oxygen atoms in total. The fourth-order valence-electron chi connectivity index (χ4n) is 2.52. The van der Waals surface area contributed by atoms with E-state index in [0.717, 1.165) is 24.0 Å². The lowest BCUT2D eigenvalue weighted by molar-refractivity contribution is -0.122. The minimum atomic E-state index is -0.243. The van der Waals surface area contributed by atoms with Crippen molar-refractivity contribution in [3.05, 3.63) is 64.9 Å². The summed E-state index contributed by atoms with van der Waals surface area (Å²) in [4.78, 5) is 16.7. The minimum Gasteiger partial charge on any atom is -0.385 e. The van der Waals surface area contributed by atoms with Gasteiger partial charge in [-0.05, 0) is 54.7 Å². The van der Waals surface area contributed by atoms with E-state index in [2.05, 4.69) is 10.3 Å². The van der Waals surface area contributed by atoms with E-state index in [1.165, 1.54) is 0 Å². The number of amides is 1. The number of hydrogen-bond acceptors (Lipinski definition) is 3. The van der Waals surface area contributed by atoms with Crippen LogP contribution in [0, 0.1) is 0 Å². The van der Waals surface area contributed by atoms with Crippen molar-refractivity contribution in [3.63, 3.8) is 0 Å². The Balaban J connectivity index is 2.04. The van der Waals surface area contributed by atoms with Gasteiger partial charge in [0.05, 0.1) is 5.92 Å². The largest absolute Gasteiger partial charge is 0.385 e. The van der Waals surface area contributed by atoms with Crippen molar-refractivity contribution in [2.45, 2.75) is 25.2 Å². The van der Waals surface area contributed by atoms with Gasteiger partial charge in [0.25, 0.3) is 0 Å². The topological polar surface area (TPSA) is 51.2 Å². The Hall–Kier alpha value is -1.91. The molecule has 5 heteroatoms. The zero-order valence-corrected chi connectivity index (χ0v) is 14.6. The number of aromatic nitrogens is 1. The fraction of sp³-hybridized carbons (Fsp3) is 0.368. The molecule has 1 amide bonds. The van der Waals surface area contributed by atoms with Crippen molar-refractivity contribution in [1.82, 2.24) is 10.3 Å². The molecule has 0 saturated carbocycles. The van der Waals surface area contributed by atoms with Gasteiger partial charge in [0.2, 0.25) is 5.91 Å². The average molecular weight is 347 g/mol. The number of carbonyl (C=O) groups excluding carboxylic acids is 1. The van der Waals surface area contributed by atoms with Crippen molar-refractivity contribution < 1.29 is 9.53 Å². The Kier molecular flexibility index (Phi) is 7.72. The predicted octanol–water partition coefficient (Wildman–Crippen LogP) is 3.60. The summed E-state index contributed by atoms with van der Waals surface area (Å²) in [5.74, 6) is -0.210. The molecule has 0 bridgehead atoms. The smallest absolute Gasteiger partial charge is 0.227 e. The Morgan fingerprint density at radius 3 is 2.54 bits per heavy atom. The van der Waals surface area contributed by atoms with Crippen LogP contribution < -0.4 is 5.32 Å². The van der Waals surface area contributed by atoms with Crippen LogP contribution in [0.4, 0.5) is 0 Å². The summed E-state index contributed by atoms with van der Waals surface area (Å²) in [5.41, 5.74) is 2.05. The van der Waals surface area contributed by atoms with Crippen LogP contribution in [-0.2, 0) is 16.0 Å². The molecule has 1 heterocycles. The molecule has 1 atom stereocenters. The summed E-state index contributed by atoms with van der Waals surface area (Å²) >= 11 is 5.97. The molecule has 0 saturated heterocycles. The number of rotatable bonds is 9. The number of carbonyl (C=O) groups is 1. The molecule has 24 heavy (non-hydrogen) atoms. The first-order valence-corrected chi connectivity index (χ1v) is 8.49. The number of methoxy groups -OCH3 is 1. The highest BCUT2D eigenvalue weighted by atomic mass is 35.5. The summed E-state index contributed by atoms with van der Waals surface area (Å²) in [6, 6.07) is 11.4. The second kappa shape index (κ2) is 10.1. The fourth-order valence-corrected chi connectivity index (χ4v) is 2.64. The minimum absolute atomic E-state index is 0.0338. The van der Waals surface area contributed by atoms with E-state index in [4.69, 9.17) is 16.3 Å². The quantitative estimate of drug-likeness (QED) is 0.706. The van der Waals surface area contributed by atoms with E-state index in [-0.39, 0.29) is 11.8 Å². The van der Waals surface area contributed by atoms with Crippen molar-refractivity contribution >= 4 is 17.5 Å². The zero-order valence-electron chi connectivity index (χ0n) is 13.9. The van der Waals surface area contributed by atoms with Gasteiger partial charge in [-0.1, -0.05) is 23.7 Å². The number of hydrogen-bond donors (Lipinski definition) is 1. The van der Waals surface area contributed by atoms with Crippen LogP contribution >= 0.6 is 11.6 Å². The monoisotopic (exact) mass is 346 g/mol. The predicted molar refractivity (Wildman–Crippen MR) is 96.3 cm³/mol. The van der Waals surface area contributed by atoms with Gasteiger partial charge >= 0.3 is 0 Å². The molecule has 128 valence electrons. The van der Waals surface area contributed by atoms with Gasteiger partial charge in [0.15, 0.2) is 0 Å². The second-order valence-electron chi connectivity index (χ2n) is 5.65. The highest BCUT2D eigenvalue weighted by Gasteiger charge is 2.20. The third-order valence-corrected chi connectivity index (χ3v) is 4.10. The SMILES string of the molecule is COCCCCNC(=O)C(Cc1ccncc1)c1ccc(Cl)cc1. The molecule has 2 aromatic rings. The van der Waals surface area contributed by atoms with Crippen LogP contribution in [0.15, 0.2) is 48.8 Å². The van der Waals surface area contributed by atoms with E-state index in [0.29, 0.717) is 24.6 Å². The number of benzene rings is 1. The normalized spacial score (nSPS) is 11.9. The van der Waals surface area contributed by atoms with Crippen LogP contribution in [-0.4, -0.2) is 31.2 Å². The maximum Gasteiger partial charge on any atom is 0.227 e. The molecule has 1 unspecified atom stereocenters. The molecular weight excluding hydrogens is 324 g/mol. The lowest BCUT2D eigenvalue weighted by Crippen LogP contribution is -2.31. The summed E-state index contributed by atoms with van der Waals surface area (Å²) < 4.78 is 5.02. The van der Waals surface area contributed by atoms with Gasteiger partial charge in [-0.25, -0.2) is 0 Å². The van der Waals surface area contributed by atoms with E-state index >= 15 is 0 Å². The molecule has 0 radical (unpaired) electrons. The highest BCUT2D eigenvalue weighted by molar-refractivity contribution is 6.30. The van der Waals surface area contributed by atoms with E-state index in [9.17, 15) is 4.79 Å². The molecule has 0 spiro atoms. The Bertz CT molecular complexity index is 617. The highest BCUT2D eigenvalue weighted by Crippen LogP contribution is 2.23. The summed E-state index contributed by atoms with van der Waals surface area (Å²) in [6.07, 6.45) is 5.97. The summed E-state index contributed by atoms with van der Waals surface area (Å²) in [6.45, 7) is 1.37. The van der Waals surface area contributed by atoms with E-state index in [1.54, 1.807) is 19.5 Å². The third kappa shape index (κ3) is 5.95. The van der Waals surface area contributed by atoms with Gasteiger partial charge < -0.3 is 10.1 Å². The van der Waals surface area contributed by atoms with Crippen LogP contribution in [0.25, 0.3) is 0 Å². The van der Waals surface area contributed by atoms with Gasteiger partial charge in [-0.15, -0.1) is 0 Å². The molecule has 0 aliphatic heterocycles. The standard InChI is InChI=1S/C19H23ClN2O2/c1-24-13-3-2-10-22-19(23)18(14-15-8-11-21-12-9-15)16-4-6-17(20)7-5-16/h4-9,11-12,18H,2-3,10,13-14H2,1H3,(H,22,23). The Labute approximate surface area is 148 Å². The molecule has 0 fully saturated rings. The molecule has 0 aliphatic rings. The maximum atomic E-state index is 12.7. The first kappa shape index (κ1) is 18.4. The number of unbranched alkanes of at least 4 members (excludes halogenated alkanes) is 1. The van der Waals surface area contributed by atoms with Crippen molar-refractivity contribution in [3.8, 4) is 0 Å². The van der Waals surface area contributed by atoms with Gasteiger partial charge in [0.1, 0.15) is 0 Å². The molecule has 2 rings (SSSR count). The lowest BCUT2D eigenvalue weighted by atomic mass is 9.91. The number of ether oxygens (including phenoxy) is 1. The van der Waals surface area contributed by atoms with Crippen LogP contribution in [0.1, 0.15) is 29.9 Å². The van der Waals surface area contributed by atoms with E-state index < -0.39 is 0 Å². The van der Waals surface area contributed by atoms with E-state index in [1.807, 2.05) is 36.4 Å². The number of halogens is 1. The zero-order chi connectivity index (χ0) is 17.2.